The molecule has 1 unspecified atom stereocenters. The molecule has 0 aromatic carbocycles. The molecule has 124 valence electrons. The Labute approximate surface area is 125 Å². The van der Waals surface area contributed by atoms with Crippen molar-refractivity contribution in [2.45, 2.75) is 64.9 Å². The molecule has 0 spiro atoms. The molecule has 1 fully saturated rings. The maximum atomic E-state index is 12.2. The first-order chi connectivity index (χ1) is 9.65. The van der Waals surface area contributed by atoms with E-state index in [0.717, 1.165) is 13.0 Å². The highest BCUT2D eigenvalue weighted by Gasteiger charge is 2.25. The monoisotopic (exact) mass is 308 g/mol. The molecule has 0 aromatic rings. The van der Waals surface area contributed by atoms with Gasteiger partial charge in [0.25, 0.3) is 0 Å². The van der Waals surface area contributed by atoms with Crippen LogP contribution in [0.2, 0.25) is 0 Å². The number of nitrogens with one attached hydrogen (secondary N) is 1. The van der Waals surface area contributed by atoms with Crippen LogP contribution in [0, 0.1) is 0 Å². The molecule has 5 nitrogen and oxygen atoms in total. The Hall–Kier alpha value is -0.950. The number of carbonyl (C=O) groups excluding carboxylic acids is 1. The molecule has 0 bridgehead atoms. The number of alkyl carbamates (subject to hydrolysis) is 1. The molecule has 1 saturated heterocycles. The first-order valence-corrected chi connectivity index (χ1v) is 7.31. The van der Waals surface area contributed by atoms with Gasteiger partial charge >= 0.3 is 12.7 Å². The standard InChI is InChI=1S/C14H26F2N2O3/c1-10(17-13(19)21-14(2,3)4)8-18-7-5-6-11(9-18)20-12(15)16/h10-12H,5-9H2,1-4H3,(H,17,19)/t10-,11?/m1/s1. The summed E-state index contributed by atoms with van der Waals surface area (Å²) in [6.45, 7) is 6.40. The average Bonchev–Trinajstić information content (AvgIpc) is 2.24. The molecule has 0 radical (unpaired) electrons. The summed E-state index contributed by atoms with van der Waals surface area (Å²) in [6.07, 6.45) is 0.561. The summed E-state index contributed by atoms with van der Waals surface area (Å²) in [5.74, 6) is 0. The Kier molecular flexibility index (Phi) is 6.80. The second-order valence-electron chi connectivity index (χ2n) is 6.47. The lowest BCUT2D eigenvalue weighted by molar-refractivity contribution is -0.174. The van der Waals surface area contributed by atoms with Gasteiger partial charge in [-0.3, -0.25) is 4.90 Å². The van der Waals surface area contributed by atoms with Crippen LogP contribution >= 0.6 is 0 Å². The van der Waals surface area contributed by atoms with Gasteiger partial charge in [-0.25, -0.2) is 4.79 Å². The number of piperidine rings is 1. The highest BCUT2D eigenvalue weighted by atomic mass is 19.3. The number of hydrogen-bond acceptors (Lipinski definition) is 4. The van der Waals surface area contributed by atoms with Gasteiger partial charge in [0.05, 0.1) is 6.10 Å². The summed E-state index contributed by atoms with van der Waals surface area (Å²) in [7, 11) is 0. The Balaban J connectivity index is 2.33. The Morgan fingerprint density at radius 3 is 2.67 bits per heavy atom. The smallest absolute Gasteiger partial charge is 0.407 e. The Morgan fingerprint density at radius 2 is 2.10 bits per heavy atom. The summed E-state index contributed by atoms with van der Waals surface area (Å²) in [5, 5.41) is 2.75. The predicted octanol–water partition coefficient (Wildman–Crippen LogP) is 2.60. The summed E-state index contributed by atoms with van der Waals surface area (Å²) in [6, 6.07) is -0.120. The second-order valence-corrected chi connectivity index (χ2v) is 6.47. The van der Waals surface area contributed by atoms with E-state index in [0.29, 0.717) is 19.5 Å². The lowest BCUT2D eigenvalue weighted by atomic mass is 10.1. The summed E-state index contributed by atoms with van der Waals surface area (Å²) in [5.41, 5.74) is -0.537. The van der Waals surface area contributed by atoms with Crippen LogP contribution < -0.4 is 5.32 Å². The zero-order valence-electron chi connectivity index (χ0n) is 13.2. The molecule has 1 aliphatic rings. The van der Waals surface area contributed by atoms with Crippen LogP contribution in [0.3, 0.4) is 0 Å². The summed E-state index contributed by atoms with van der Waals surface area (Å²) < 4.78 is 34.2. The lowest BCUT2D eigenvalue weighted by Crippen LogP contribution is -2.48. The van der Waals surface area contributed by atoms with E-state index in [4.69, 9.17) is 4.74 Å². The van der Waals surface area contributed by atoms with E-state index in [9.17, 15) is 13.6 Å². The first-order valence-electron chi connectivity index (χ1n) is 7.31. The summed E-state index contributed by atoms with van der Waals surface area (Å²) >= 11 is 0. The minimum Gasteiger partial charge on any atom is -0.444 e. The molecule has 21 heavy (non-hydrogen) atoms. The van der Waals surface area contributed by atoms with Crippen molar-refractivity contribution >= 4 is 6.09 Å². The largest absolute Gasteiger partial charge is 0.444 e. The van der Waals surface area contributed by atoms with E-state index in [1.807, 2.05) is 11.8 Å². The van der Waals surface area contributed by atoms with Crippen LogP contribution in [0.25, 0.3) is 0 Å². The van der Waals surface area contributed by atoms with E-state index in [1.165, 1.54) is 0 Å². The number of likely N-dealkylation sites (tertiary alicyclic amines) is 1. The number of ether oxygens (including phenoxy) is 2. The van der Waals surface area contributed by atoms with Crippen molar-refractivity contribution in [1.29, 1.82) is 0 Å². The first kappa shape index (κ1) is 18.1. The number of rotatable bonds is 5. The third-order valence-corrected chi connectivity index (χ3v) is 3.05. The molecule has 2 atom stereocenters. The zero-order chi connectivity index (χ0) is 16.0. The highest BCUT2D eigenvalue weighted by Crippen LogP contribution is 2.16. The van der Waals surface area contributed by atoms with Gasteiger partial charge in [-0.1, -0.05) is 0 Å². The number of amides is 1. The minimum absolute atomic E-state index is 0.120. The molecule has 1 N–H and O–H groups in total. The normalized spacial score (nSPS) is 22.1. The van der Waals surface area contributed by atoms with Crippen LogP contribution in [0.4, 0.5) is 13.6 Å². The molecular weight excluding hydrogens is 282 g/mol. The van der Waals surface area contributed by atoms with Gasteiger partial charge < -0.3 is 14.8 Å². The molecule has 0 aromatic heterocycles. The molecule has 7 heteroatoms. The fourth-order valence-electron chi connectivity index (χ4n) is 2.38. The van der Waals surface area contributed by atoms with E-state index >= 15 is 0 Å². The van der Waals surface area contributed by atoms with Crippen molar-refractivity contribution in [3.63, 3.8) is 0 Å². The van der Waals surface area contributed by atoms with Gasteiger partial charge in [0.15, 0.2) is 0 Å². The van der Waals surface area contributed by atoms with Crippen LogP contribution in [0.5, 0.6) is 0 Å². The van der Waals surface area contributed by atoms with Gasteiger partial charge in [-0.15, -0.1) is 0 Å². The highest BCUT2D eigenvalue weighted by molar-refractivity contribution is 5.68. The SMILES string of the molecule is C[C@H](CN1CCCC(OC(F)F)C1)NC(=O)OC(C)(C)C. The quantitative estimate of drug-likeness (QED) is 0.848. The number of halogens is 2. The fourth-order valence-corrected chi connectivity index (χ4v) is 2.38. The van der Waals surface area contributed by atoms with Gasteiger partial charge in [-0.2, -0.15) is 8.78 Å². The topological polar surface area (TPSA) is 50.8 Å². The van der Waals surface area contributed by atoms with Crippen LogP contribution in [-0.4, -0.2) is 55.0 Å². The Morgan fingerprint density at radius 1 is 1.43 bits per heavy atom. The third kappa shape index (κ3) is 8.16. The van der Waals surface area contributed by atoms with Crippen molar-refractivity contribution in [3.05, 3.63) is 0 Å². The van der Waals surface area contributed by atoms with Gasteiger partial charge in [-0.05, 0) is 47.1 Å². The van der Waals surface area contributed by atoms with Crippen molar-refractivity contribution in [2.24, 2.45) is 0 Å². The number of nitrogens with zero attached hydrogens (tertiary/aromatic N) is 1. The number of hydrogen-bond donors (Lipinski definition) is 1. The number of carbonyl (C=O) groups is 1. The van der Waals surface area contributed by atoms with Crippen molar-refractivity contribution in [2.75, 3.05) is 19.6 Å². The molecule has 0 aliphatic carbocycles. The second kappa shape index (κ2) is 7.89. The van der Waals surface area contributed by atoms with Gasteiger partial charge in [0.2, 0.25) is 0 Å². The van der Waals surface area contributed by atoms with Gasteiger partial charge in [0.1, 0.15) is 5.60 Å². The fraction of sp³-hybridized carbons (Fsp3) is 0.929. The Bertz CT molecular complexity index is 335. The van der Waals surface area contributed by atoms with Crippen molar-refractivity contribution in [1.82, 2.24) is 10.2 Å². The van der Waals surface area contributed by atoms with Crippen LogP contribution in [0.1, 0.15) is 40.5 Å². The molecular formula is C14H26F2N2O3. The van der Waals surface area contributed by atoms with E-state index in [-0.39, 0.29) is 6.04 Å². The van der Waals surface area contributed by atoms with E-state index in [1.54, 1.807) is 20.8 Å². The predicted molar refractivity (Wildman–Crippen MR) is 75.4 cm³/mol. The maximum absolute atomic E-state index is 12.2. The van der Waals surface area contributed by atoms with Crippen LogP contribution in [-0.2, 0) is 9.47 Å². The molecule has 1 amide bonds. The molecule has 1 rings (SSSR count). The summed E-state index contributed by atoms with van der Waals surface area (Å²) in [4.78, 5) is 13.7. The average molecular weight is 308 g/mol. The van der Waals surface area contributed by atoms with Crippen LogP contribution in [0.15, 0.2) is 0 Å². The van der Waals surface area contributed by atoms with E-state index < -0.39 is 24.4 Å². The zero-order valence-corrected chi connectivity index (χ0v) is 13.2. The molecule has 0 saturated carbocycles. The van der Waals surface area contributed by atoms with Crippen molar-refractivity contribution < 1.29 is 23.0 Å². The third-order valence-electron chi connectivity index (χ3n) is 3.05. The maximum Gasteiger partial charge on any atom is 0.407 e. The van der Waals surface area contributed by atoms with Crippen molar-refractivity contribution in [3.8, 4) is 0 Å². The minimum atomic E-state index is -2.73. The van der Waals surface area contributed by atoms with Gasteiger partial charge in [0, 0.05) is 19.1 Å². The van der Waals surface area contributed by atoms with E-state index in [2.05, 4.69) is 10.1 Å². The molecule has 1 heterocycles. The molecule has 1 aliphatic heterocycles. The number of alkyl halides is 2. The lowest BCUT2D eigenvalue weighted by Gasteiger charge is -2.34.